The standard InChI is InChI=1S/C16H13Cl5/c1-9-3-5-11(7-13(9)17)15(16(19,20)21)12-6-4-10(2)14(18)8-12/h3-8,15H,1-2H3. The molecule has 0 aliphatic rings. The van der Waals surface area contributed by atoms with Gasteiger partial charge in [-0.2, -0.15) is 0 Å². The molecule has 0 saturated heterocycles. The summed E-state index contributed by atoms with van der Waals surface area (Å²) < 4.78 is -1.50. The minimum absolute atomic E-state index is 0.446. The van der Waals surface area contributed by atoms with Crippen molar-refractivity contribution in [2.75, 3.05) is 0 Å². The van der Waals surface area contributed by atoms with Crippen LogP contribution in [-0.2, 0) is 0 Å². The third-order valence-corrected chi connectivity index (χ3v) is 4.85. The summed E-state index contributed by atoms with van der Waals surface area (Å²) in [5.74, 6) is -0.446. The summed E-state index contributed by atoms with van der Waals surface area (Å²) in [4.78, 5) is 0. The van der Waals surface area contributed by atoms with Crippen LogP contribution in [0.15, 0.2) is 36.4 Å². The Hall–Kier alpha value is -0.110. The molecule has 0 aromatic heterocycles. The molecular formula is C16H13Cl5. The lowest BCUT2D eigenvalue weighted by Crippen LogP contribution is -2.18. The van der Waals surface area contributed by atoms with Crippen molar-refractivity contribution in [1.29, 1.82) is 0 Å². The van der Waals surface area contributed by atoms with E-state index in [1.807, 2.05) is 50.2 Å². The van der Waals surface area contributed by atoms with E-state index in [1.54, 1.807) is 0 Å². The topological polar surface area (TPSA) is 0 Å². The van der Waals surface area contributed by atoms with E-state index in [0.29, 0.717) is 10.0 Å². The maximum atomic E-state index is 6.20. The molecule has 0 bridgehead atoms. The summed E-state index contributed by atoms with van der Waals surface area (Å²) in [5, 5.41) is 1.29. The minimum Gasteiger partial charge on any atom is -0.0840 e. The molecule has 0 fully saturated rings. The van der Waals surface area contributed by atoms with Crippen LogP contribution in [0.1, 0.15) is 28.2 Å². The molecule has 0 amide bonds. The van der Waals surface area contributed by atoms with Gasteiger partial charge in [-0.1, -0.05) is 82.3 Å². The first kappa shape index (κ1) is 17.2. The molecule has 5 heteroatoms. The lowest BCUT2D eigenvalue weighted by atomic mass is 9.91. The molecule has 0 radical (unpaired) electrons. The number of aryl methyl sites for hydroxylation is 2. The van der Waals surface area contributed by atoms with Gasteiger partial charge < -0.3 is 0 Å². The van der Waals surface area contributed by atoms with E-state index in [1.165, 1.54) is 0 Å². The lowest BCUT2D eigenvalue weighted by Gasteiger charge is -2.26. The Morgan fingerprint density at radius 1 is 0.762 bits per heavy atom. The number of alkyl halides is 3. The van der Waals surface area contributed by atoms with Crippen LogP contribution in [0, 0.1) is 13.8 Å². The maximum Gasteiger partial charge on any atom is 0.201 e. The van der Waals surface area contributed by atoms with Crippen molar-refractivity contribution >= 4 is 58.0 Å². The third kappa shape index (κ3) is 4.00. The fraction of sp³-hybridized carbons (Fsp3) is 0.250. The Morgan fingerprint density at radius 2 is 1.14 bits per heavy atom. The average Bonchev–Trinajstić information content (AvgIpc) is 2.37. The molecule has 0 unspecified atom stereocenters. The number of rotatable bonds is 2. The second kappa shape index (κ2) is 6.56. The van der Waals surface area contributed by atoms with E-state index < -0.39 is 9.71 Å². The first-order valence-corrected chi connectivity index (χ1v) is 8.18. The summed E-state index contributed by atoms with van der Waals surface area (Å²) in [7, 11) is 0. The molecule has 0 atom stereocenters. The zero-order valence-electron chi connectivity index (χ0n) is 11.4. The molecule has 0 N–H and O–H groups in total. The number of benzene rings is 2. The first-order valence-electron chi connectivity index (χ1n) is 6.29. The van der Waals surface area contributed by atoms with E-state index in [2.05, 4.69) is 0 Å². The van der Waals surface area contributed by atoms with Gasteiger partial charge in [0.25, 0.3) is 0 Å². The highest BCUT2D eigenvalue weighted by atomic mass is 35.6. The highest BCUT2D eigenvalue weighted by molar-refractivity contribution is 6.68. The predicted molar refractivity (Wildman–Crippen MR) is 94.5 cm³/mol. The van der Waals surface area contributed by atoms with Crippen LogP contribution >= 0.6 is 58.0 Å². The molecule has 2 aromatic rings. The van der Waals surface area contributed by atoms with Gasteiger partial charge in [0, 0.05) is 10.0 Å². The van der Waals surface area contributed by atoms with Gasteiger partial charge in [0.15, 0.2) is 0 Å². The second-order valence-corrected chi connectivity index (χ2v) is 8.18. The van der Waals surface area contributed by atoms with Gasteiger partial charge in [-0.3, -0.25) is 0 Å². The van der Waals surface area contributed by atoms with Crippen LogP contribution in [0.25, 0.3) is 0 Å². The van der Waals surface area contributed by atoms with Gasteiger partial charge in [0.1, 0.15) is 0 Å². The monoisotopic (exact) mass is 380 g/mol. The number of halogens is 5. The van der Waals surface area contributed by atoms with Crippen molar-refractivity contribution in [3.8, 4) is 0 Å². The van der Waals surface area contributed by atoms with E-state index in [0.717, 1.165) is 22.3 Å². The van der Waals surface area contributed by atoms with Crippen molar-refractivity contribution in [2.45, 2.75) is 23.6 Å². The predicted octanol–water partition coefficient (Wildman–Crippen LogP) is 7.11. The molecule has 0 aliphatic carbocycles. The summed E-state index contributed by atoms with van der Waals surface area (Å²) in [5.41, 5.74) is 3.63. The highest BCUT2D eigenvalue weighted by Gasteiger charge is 2.35. The summed E-state index contributed by atoms with van der Waals surface area (Å²) in [6, 6.07) is 11.3. The van der Waals surface area contributed by atoms with Crippen molar-refractivity contribution in [1.82, 2.24) is 0 Å². The van der Waals surface area contributed by atoms with Crippen LogP contribution in [0.2, 0.25) is 10.0 Å². The summed E-state index contributed by atoms with van der Waals surface area (Å²) >= 11 is 31.0. The van der Waals surface area contributed by atoms with Crippen LogP contribution in [0.3, 0.4) is 0 Å². The Labute approximate surface area is 149 Å². The second-order valence-electron chi connectivity index (χ2n) is 4.99. The van der Waals surface area contributed by atoms with E-state index in [4.69, 9.17) is 58.0 Å². The number of hydrogen-bond acceptors (Lipinski definition) is 0. The molecule has 112 valence electrons. The zero-order valence-corrected chi connectivity index (χ0v) is 15.2. The van der Waals surface area contributed by atoms with Crippen molar-refractivity contribution in [3.63, 3.8) is 0 Å². The fourth-order valence-electron chi connectivity index (χ4n) is 2.15. The maximum absolute atomic E-state index is 6.20. The normalized spacial score (nSPS) is 12.0. The van der Waals surface area contributed by atoms with E-state index >= 15 is 0 Å². The van der Waals surface area contributed by atoms with Gasteiger partial charge in [-0.05, 0) is 48.2 Å². The molecule has 0 nitrogen and oxygen atoms in total. The molecule has 0 aliphatic heterocycles. The molecular weight excluding hydrogens is 369 g/mol. The van der Waals surface area contributed by atoms with Crippen LogP contribution in [0.4, 0.5) is 0 Å². The molecule has 2 aromatic carbocycles. The smallest absolute Gasteiger partial charge is 0.0840 e. The van der Waals surface area contributed by atoms with Gasteiger partial charge in [-0.15, -0.1) is 0 Å². The van der Waals surface area contributed by atoms with E-state index in [9.17, 15) is 0 Å². The Morgan fingerprint density at radius 3 is 1.43 bits per heavy atom. The van der Waals surface area contributed by atoms with Gasteiger partial charge in [0.05, 0.1) is 5.92 Å². The molecule has 21 heavy (non-hydrogen) atoms. The first-order chi connectivity index (χ1) is 9.70. The molecule has 0 heterocycles. The number of hydrogen-bond donors (Lipinski definition) is 0. The SMILES string of the molecule is Cc1ccc(C(c2ccc(C)c(Cl)c2)C(Cl)(Cl)Cl)cc1Cl. The summed E-state index contributed by atoms with van der Waals surface area (Å²) in [6.45, 7) is 3.86. The highest BCUT2D eigenvalue weighted by Crippen LogP contribution is 2.46. The van der Waals surface area contributed by atoms with E-state index in [-0.39, 0.29) is 0 Å². The van der Waals surface area contributed by atoms with Crippen LogP contribution < -0.4 is 0 Å². The minimum atomic E-state index is -1.50. The van der Waals surface area contributed by atoms with Gasteiger partial charge in [-0.25, -0.2) is 0 Å². The van der Waals surface area contributed by atoms with Crippen molar-refractivity contribution in [3.05, 3.63) is 68.7 Å². The largest absolute Gasteiger partial charge is 0.201 e. The third-order valence-electron chi connectivity index (χ3n) is 3.39. The molecule has 0 spiro atoms. The lowest BCUT2D eigenvalue weighted by molar-refractivity contribution is 0.838. The van der Waals surface area contributed by atoms with Crippen molar-refractivity contribution in [2.24, 2.45) is 0 Å². The van der Waals surface area contributed by atoms with Gasteiger partial charge in [0.2, 0.25) is 3.79 Å². The van der Waals surface area contributed by atoms with Gasteiger partial charge >= 0.3 is 0 Å². The Balaban J connectivity index is 2.58. The summed E-state index contributed by atoms with van der Waals surface area (Å²) in [6.07, 6.45) is 0. The van der Waals surface area contributed by atoms with Crippen LogP contribution in [0.5, 0.6) is 0 Å². The quantitative estimate of drug-likeness (QED) is 0.485. The van der Waals surface area contributed by atoms with Crippen molar-refractivity contribution < 1.29 is 0 Å². The van der Waals surface area contributed by atoms with Crippen LogP contribution in [-0.4, -0.2) is 3.79 Å². The zero-order chi connectivity index (χ0) is 15.8. The molecule has 2 rings (SSSR count). The average molecular weight is 383 g/mol. The fourth-order valence-corrected chi connectivity index (χ4v) is 3.28. The molecule has 0 saturated carbocycles. The Bertz CT molecular complexity index is 607. The Kier molecular flexibility index (Phi) is 5.39.